The lowest BCUT2D eigenvalue weighted by Crippen LogP contribution is -2.49. The van der Waals surface area contributed by atoms with Crippen LogP contribution in [-0.4, -0.2) is 75.7 Å². The normalized spacial score (nSPS) is 14.0. The molecule has 0 radical (unpaired) electrons. The Labute approximate surface area is 218 Å². The highest BCUT2D eigenvalue weighted by Crippen LogP contribution is 2.25. The summed E-state index contributed by atoms with van der Waals surface area (Å²) in [6.07, 6.45) is 0. The van der Waals surface area contributed by atoms with Crippen LogP contribution in [0, 0.1) is 0 Å². The molecule has 0 bridgehead atoms. The van der Waals surface area contributed by atoms with E-state index >= 15 is 0 Å². The van der Waals surface area contributed by atoms with Crippen molar-refractivity contribution in [2.24, 2.45) is 7.05 Å². The predicted molar refractivity (Wildman–Crippen MR) is 145 cm³/mol. The first-order chi connectivity index (χ1) is 17.6. The number of aryl methyl sites for hydroxylation is 1. The molecule has 1 fully saturated rings. The summed E-state index contributed by atoms with van der Waals surface area (Å²) in [5, 5.41) is 10.6. The van der Waals surface area contributed by atoms with Crippen molar-refractivity contribution in [3.8, 4) is 11.4 Å². The standard InChI is InChI=1S/C27H36N8O2/c1-19(36)28-11-12-29-23-18-24(31-25(30-23)20-9-7-6-8-10-20)34-13-15-35(16-14-34)26(37)21-17-22(27(2,3)4)32-33(21)5/h6-10,17-18H,11-16H2,1-5H3,(H,28,36)(H,29,30,31). The molecule has 3 heterocycles. The fraction of sp³-hybridized carbons (Fsp3) is 0.444. The van der Waals surface area contributed by atoms with E-state index in [9.17, 15) is 9.59 Å². The number of rotatable bonds is 7. The second kappa shape index (κ2) is 11.0. The van der Waals surface area contributed by atoms with Crippen LogP contribution in [-0.2, 0) is 17.3 Å². The summed E-state index contributed by atoms with van der Waals surface area (Å²) in [6.45, 7) is 11.3. The van der Waals surface area contributed by atoms with Crippen LogP contribution in [0.25, 0.3) is 11.4 Å². The molecule has 0 aliphatic carbocycles. The third-order valence-electron chi connectivity index (χ3n) is 6.31. The number of hydrogen-bond acceptors (Lipinski definition) is 7. The number of carbonyl (C=O) groups is 2. The van der Waals surface area contributed by atoms with Crippen molar-refractivity contribution in [2.45, 2.75) is 33.1 Å². The number of hydrogen-bond donors (Lipinski definition) is 2. The number of piperazine rings is 1. The highest BCUT2D eigenvalue weighted by Gasteiger charge is 2.28. The molecule has 3 aromatic rings. The van der Waals surface area contributed by atoms with E-state index in [1.807, 2.05) is 54.4 Å². The summed E-state index contributed by atoms with van der Waals surface area (Å²) in [6, 6.07) is 13.7. The maximum Gasteiger partial charge on any atom is 0.272 e. The highest BCUT2D eigenvalue weighted by atomic mass is 16.2. The second-order valence-corrected chi connectivity index (χ2v) is 10.3. The molecule has 0 spiro atoms. The highest BCUT2D eigenvalue weighted by molar-refractivity contribution is 5.93. The Morgan fingerprint density at radius 1 is 0.973 bits per heavy atom. The first kappa shape index (κ1) is 26.1. The Kier molecular flexibility index (Phi) is 7.75. The molecule has 1 aromatic carbocycles. The van der Waals surface area contributed by atoms with Crippen molar-refractivity contribution < 1.29 is 9.59 Å². The third-order valence-corrected chi connectivity index (χ3v) is 6.31. The van der Waals surface area contributed by atoms with E-state index in [-0.39, 0.29) is 17.2 Å². The summed E-state index contributed by atoms with van der Waals surface area (Å²) in [5.41, 5.74) is 2.32. The quantitative estimate of drug-likeness (QED) is 0.476. The van der Waals surface area contributed by atoms with Gasteiger partial charge >= 0.3 is 0 Å². The van der Waals surface area contributed by atoms with Crippen LogP contribution in [0.4, 0.5) is 11.6 Å². The topological polar surface area (TPSA) is 108 Å². The summed E-state index contributed by atoms with van der Waals surface area (Å²) in [5.74, 6) is 2.06. The SMILES string of the molecule is CC(=O)NCCNc1cc(N2CCN(C(=O)c3cc(C(C)(C)C)nn3C)CC2)nc(-c2ccccc2)n1. The zero-order chi connectivity index (χ0) is 26.6. The lowest BCUT2D eigenvalue weighted by Gasteiger charge is -2.35. The smallest absolute Gasteiger partial charge is 0.272 e. The fourth-order valence-electron chi connectivity index (χ4n) is 4.17. The average molecular weight is 505 g/mol. The first-order valence-corrected chi connectivity index (χ1v) is 12.6. The summed E-state index contributed by atoms with van der Waals surface area (Å²) in [4.78, 5) is 38.1. The third kappa shape index (κ3) is 6.44. The number of amides is 2. The van der Waals surface area contributed by atoms with Gasteiger partial charge in [0.15, 0.2) is 5.82 Å². The van der Waals surface area contributed by atoms with Gasteiger partial charge in [-0.05, 0) is 6.07 Å². The molecule has 1 aliphatic rings. The van der Waals surface area contributed by atoms with Crippen LogP contribution in [0.15, 0.2) is 42.5 Å². The number of benzene rings is 1. The van der Waals surface area contributed by atoms with E-state index in [2.05, 4.69) is 41.4 Å². The van der Waals surface area contributed by atoms with Gasteiger partial charge in [0, 0.05) is 70.3 Å². The molecular formula is C27H36N8O2. The van der Waals surface area contributed by atoms with E-state index in [0.29, 0.717) is 56.6 Å². The Morgan fingerprint density at radius 3 is 2.30 bits per heavy atom. The molecule has 37 heavy (non-hydrogen) atoms. The van der Waals surface area contributed by atoms with E-state index in [0.717, 1.165) is 17.1 Å². The summed E-state index contributed by atoms with van der Waals surface area (Å²) >= 11 is 0. The summed E-state index contributed by atoms with van der Waals surface area (Å²) in [7, 11) is 1.82. The minimum atomic E-state index is -0.119. The van der Waals surface area contributed by atoms with Gasteiger partial charge in [-0.15, -0.1) is 0 Å². The van der Waals surface area contributed by atoms with Crippen molar-refractivity contribution in [2.75, 3.05) is 49.5 Å². The molecule has 2 aromatic heterocycles. The van der Waals surface area contributed by atoms with Crippen LogP contribution in [0.3, 0.4) is 0 Å². The molecule has 2 amide bonds. The molecule has 10 nitrogen and oxygen atoms in total. The Bertz CT molecular complexity index is 1240. The molecule has 2 N–H and O–H groups in total. The number of carbonyl (C=O) groups excluding carboxylic acids is 2. The monoisotopic (exact) mass is 504 g/mol. The molecule has 10 heteroatoms. The maximum absolute atomic E-state index is 13.3. The number of nitrogens with zero attached hydrogens (tertiary/aromatic N) is 6. The average Bonchev–Trinajstić information content (AvgIpc) is 3.29. The van der Waals surface area contributed by atoms with Crippen molar-refractivity contribution in [1.82, 2.24) is 30.0 Å². The molecule has 0 saturated carbocycles. The van der Waals surface area contributed by atoms with Crippen LogP contribution < -0.4 is 15.5 Å². The van der Waals surface area contributed by atoms with Crippen molar-refractivity contribution >= 4 is 23.5 Å². The molecule has 1 aliphatic heterocycles. The molecule has 196 valence electrons. The van der Waals surface area contributed by atoms with Crippen molar-refractivity contribution in [3.63, 3.8) is 0 Å². The van der Waals surface area contributed by atoms with E-state index in [1.165, 1.54) is 6.92 Å². The maximum atomic E-state index is 13.3. The number of aromatic nitrogens is 4. The van der Waals surface area contributed by atoms with Gasteiger partial charge in [0.2, 0.25) is 5.91 Å². The van der Waals surface area contributed by atoms with E-state index in [1.54, 1.807) is 4.68 Å². The molecule has 4 rings (SSSR count). The zero-order valence-corrected chi connectivity index (χ0v) is 22.3. The van der Waals surface area contributed by atoms with Gasteiger partial charge in [-0.1, -0.05) is 51.1 Å². The number of anilines is 2. The molecular weight excluding hydrogens is 468 g/mol. The van der Waals surface area contributed by atoms with Gasteiger partial charge in [-0.25, -0.2) is 9.97 Å². The second-order valence-electron chi connectivity index (χ2n) is 10.3. The van der Waals surface area contributed by atoms with Crippen LogP contribution in [0.1, 0.15) is 43.9 Å². The van der Waals surface area contributed by atoms with Gasteiger partial charge in [0.05, 0.1) is 5.69 Å². The largest absolute Gasteiger partial charge is 0.368 e. The first-order valence-electron chi connectivity index (χ1n) is 12.6. The minimum absolute atomic E-state index is 0.00172. The van der Waals surface area contributed by atoms with Gasteiger partial charge < -0.3 is 20.4 Å². The summed E-state index contributed by atoms with van der Waals surface area (Å²) < 4.78 is 1.69. The van der Waals surface area contributed by atoms with Crippen molar-refractivity contribution in [3.05, 3.63) is 53.9 Å². The lowest BCUT2D eigenvalue weighted by atomic mass is 9.92. The molecule has 0 unspecified atom stereocenters. The van der Waals surface area contributed by atoms with Crippen LogP contribution in [0.5, 0.6) is 0 Å². The van der Waals surface area contributed by atoms with Crippen LogP contribution in [0.2, 0.25) is 0 Å². The zero-order valence-electron chi connectivity index (χ0n) is 22.3. The van der Waals surface area contributed by atoms with Gasteiger partial charge in [-0.3, -0.25) is 14.3 Å². The Morgan fingerprint density at radius 2 is 1.68 bits per heavy atom. The van der Waals surface area contributed by atoms with Gasteiger partial charge in [0.1, 0.15) is 17.3 Å². The van der Waals surface area contributed by atoms with Crippen molar-refractivity contribution in [1.29, 1.82) is 0 Å². The molecule has 0 atom stereocenters. The number of nitrogens with one attached hydrogen (secondary N) is 2. The fourth-order valence-corrected chi connectivity index (χ4v) is 4.17. The Balaban J connectivity index is 1.48. The lowest BCUT2D eigenvalue weighted by molar-refractivity contribution is -0.118. The minimum Gasteiger partial charge on any atom is -0.368 e. The predicted octanol–water partition coefficient (Wildman–Crippen LogP) is 2.69. The van der Waals surface area contributed by atoms with Gasteiger partial charge in [0.25, 0.3) is 5.91 Å². The van der Waals surface area contributed by atoms with Crippen LogP contribution >= 0.6 is 0 Å². The Hall–Kier alpha value is -3.95. The van der Waals surface area contributed by atoms with Gasteiger partial charge in [-0.2, -0.15) is 5.10 Å². The molecule has 1 saturated heterocycles. The van der Waals surface area contributed by atoms with E-state index in [4.69, 9.17) is 9.97 Å². The van der Waals surface area contributed by atoms with E-state index < -0.39 is 0 Å².